The molecule has 2 N–H and O–H groups in total. The minimum atomic E-state index is -0.0426. The summed E-state index contributed by atoms with van der Waals surface area (Å²) in [5.74, 6) is 0.974. The van der Waals surface area contributed by atoms with E-state index in [1.54, 1.807) is 18.3 Å². The van der Waals surface area contributed by atoms with E-state index in [2.05, 4.69) is 35.9 Å². The van der Waals surface area contributed by atoms with Crippen molar-refractivity contribution in [3.05, 3.63) is 29.2 Å². The Morgan fingerprint density at radius 3 is 2.68 bits per heavy atom. The van der Waals surface area contributed by atoms with Crippen LogP contribution in [0, 0.1) is 5.41 Å². The lowest BCUT2D eigenvalue weighted by Gasteiger charge is -2.25. The van der Waals surface area contributed by atoms with Gasteiger partial charge >= 0.3 is 0 Å². The smallest absolute Gasteiger partial charge is 0.228 e. The molecular formula is C13H17ClN4O. The third-order valence-corrected chi connectivity index (χ3v) is 3.16. The van der Waals surface area contributed by atoms with Gasteiger partial charge in [0, 0.05) is 18.7 Å². The Morgan fingerprint density at radius 2 is 2.11 bits per heavy atom. The Labute approximate surface area is 117 Å². The second-order valence-electron chi connectivity index (χ2n) is 5.55. The summed E-state index contributed by atoms with van der Waals surface area (Å²) in [6.45, 7) is 6.24. The molecule has 2 aromatic rings. The zero-order chi connectivity index (χ0) is 14.0. The molecule has 2 rings (SSSR count). The number of rotatable bonds is 3. The summed E-state index contributed by atoms with van der Waals surface area (Å²) in [5, 5.41) is 4.48. The first-order valence-corrected chi connectivity index (χ1v) is 6.44. The third kappa shape index (κ3) is 3.52. The summed E-state index contributed by atoms with van der Waals surface area (Å²) in [6, 6.07) is 3.44. The van der Waals surface area contributed by atoms with E-state index in [0.29, 0.717) is 28.9 Å². The quantitative estimate of drug-likeness (QED) is 0.935. The van der Waals surface area contributed by atoms with Crippen molar-refractivity contribution in [3.63, 3.8) is 0 Å². The number of hydrogen-bond acceptors (Lipinski definition) is 5. The molecule has 2 aromatic heterocycles. The highest BCUT2D eigenvalue weighted by Crippen LogP contribution is 2.21. The average molecular weight is 281 g/mol. The zero-order valence-electron chi connectivity index (χ0n) is 11.2. The van der Waals surface area contributed by atoms with E-state index in [9.17, 15) is 0 Å². The lowest BCUT2D eigenvalue weighted by Crippen LogP contribution is -2.36. The molecule has 0 fully saturated rings. The first-order chi connectivity index (χ1) is 8.86. The van der Waals surface area contributed by atoms with Crippen LogP contribution in [-0.4, -0.2) is 21.2 Å². The first-order valence-electron chi connectivity index (χ1n) is 6.06. The van der Waals surface area contributed by atoms with Gasteiger partial charge in [-0.2, -0.15) is 4.98 Å². The van der Waals surface area contributed by atoms with Gasteiger partial charge in [-0.05, 0) is 17.5 Å². The maximum Gasteiger partial charge on any atom is 0.228 e. The number of nitrogens with zero attached hydrogens (tertiary/aromatic N) is 3. The van der Waals surface area contributed by atoms with Crippen molar-refractivity contribution in [1.82, 2.24) is 15.1 Å². The van der Waals surface area contributed by atoms with Gasteiger partial charge in [0.05, 0.1) is 5.02 Å². The van der Waals surface area contributed by atoms with E-state index in [1.807, 2.05) is 0 Å². The Hall–Kier alpha value is -1.46. The van der Waals surface area contributed by atoms with Crippen molar-refractivity contribution in [2.45, 2.75) is 33.2 Å². The van der Waals surface area contributed by atoms with E-state index in [0.717, 1.165) is 0 Å². The second-order valence-corrected chi connectivity index (χ2v) is 5.99. The van der Waals surface area contributed by atoms with E-state index in [1.165, 1.54) is 0 Å². The predicted molar refractivity (Wildman–Crippen MR) is 73.7 cm³/mol. The second kappa shape index (κ2) is 5.27. The van der Waals surface area contributed by atoms with Crippen molar-refractivity contribution < 1.29 is 4.52 Å². The molecule has 0 amide bonds. The van der Waals surface area contributed by atoms with Gasteiger partial charge in [0.15, 0.2) is 0 Å². The molecule has 0 bridgehead atoms. The normalized spacial score (nSPS) is 13.5. The van der Waals surface area contributed by atoms with E-state index in [-0.39, 0.29) is 11.5 Å². The number of aromatic nitrogens is 3. The molecule has 19 heavy (non-hydrogen) atoms. The molecule has 1 unspecified atom stereocenters. The van der Waals surface area contributed by atoms with Crippen LogP contribution in [0.1, 0.15) is 26.7 Å². The van der Waals surface area contributed by atoms with Gasteiger partial charge in [0.2, 0.25) is 11.7 Å². The number of nitrogens with two attached hydrogens (primary N) is 1. The van der Waals surface area contributed by atoms with Gasteiger partial charge in [-0.25, -0.2) is 0 Å². The molecule has 5 nitrogen and oxygen atoms in total. The van der Waals surface area contributed by atoms with Crippen LogP contribution in [0.4, 0.5) is 0 Å². The molecule has 0 aliphatic heterocycles. The highest BCUT2D eigenvalue weighted by Gasteiger charge is 2.23. The van der Waals surface area contributed by atoms with Gasteiger partial charge in [-0.15, -0.1) is 0 Å². The van der Waals surface area contributed by atoms with E-state index < -0.39 is 0 Å². The van der Waals surface area contributed by atoms with Gasteiger partial charge in [-0.1, -0.05) is 37.5 Å². The molecule has 6 heteroatoms. The summed E-state index contributed by atoms with van der Waals surface area (Å²) in [7, 11) is 0. The SMILES string of the molecule is CC(C)(C)C(N)Cc1nc(-c2ccc(Cl)cn2)no1. The zero-order valence-corrected chi connectivity index (χ0v) is 12.0. The monoisotopic (exact) mass is 280 g/mol. The lowest BCUT2D eigenvalue weighted by molar-refractivity contribution is 0.286. The number of hydrogen-bond donors (Lipinski definition) is 1. The highest BCUT2D eigenvalue weighted by atomic mass is 35.5. The Morgan fingerprint density at radius 1 is 1.37 bits per heavy atom. The fourth-order valence-electron chi connectivity index (χ4n) is 1.44. The van der Waals surface area contributed by atoms with Crippen molar-refractivity contribution in [1.29, 1.82) is 0 Å². The van der Waals surface area contributed by atoms with Gasteiger partial charge in [-0.3, -0.25) is 4.98 Å². The van der Waals surface area contributed by atoms with Gasteiger partial charge in [0.25, 0.3) is 0 Å². The number of pyridine rings is 1. The molecule has 0 aliphatic carbocycles. The summed E-state index contributed by atoms with van der Waals surface area (Å²) < 4.78 is 5.20. The van der Waals surface area contributed by atoms with Crippen molar-refractivity contribution in [2.24, 2.45) is 11.1 Å². The molecular weight excluding hydrogens is 264 g/mol. The predicted octanol–water partition coefficient (Wildman–Crippen LogP) is 2.70. The van der Waals surface area contributed by atoms with E-state index >= 15 is 0 Å². The first kappa shape index (κ1) is 14.0. The number of halogens is 1. The van der Waals surface area contributed by atoms with Crippen LogP contribution >= 0.6 is 11.6 Å². The molecule has 102 valence electrons. The maximum atomic E-state index is 6.09. The topological polar surface area (TPSA) is 77.8 Å². The minimum Gasteiger partial charge on any atom is -0.339 e. The van der Waals surface area contributed by atoms with Gasteiger partial charge < -0.3 is 10.3 Å². The average Bonchev–Trinajstić information content (AvgIpc) is 2.77. The van der Waals surface area contributed by atoms with Crippen LogP contribution < -0.4 is 5.73 Å². The summed E-state index contributed by atoms with van der Waals surface area (Å²) in [4.78, 5) is 8.44. The summed E-state index contributed by atoms with van der Waals surface area (Å²) in [5.41, 5.74) is 6.71. The highest BCUT2D eigenvalue weighted by molar-refractivity contribution is 6.30. The van der Waals surface area contributed by atoms with Crippen molar-refractivity contribution in [2.75, 3.05) is 0 Å². The molecule has 0 aromatic carbocycles. The van der Waals surface area contributed by atoms with Crippen LogP contribution in [0.2, 0.25) is 5.02 Å². The molecule has 0 saturated heterocycles. The Bertz CT molecular complexity index is 545. The molecule has 0 radical (unpaired) electrons. The lowest BCUT2D eigenvalue weighted by atomic mass is 9.85. The van der Waals surface area contributed by atoms with E-state index in [4.69, 9.17) is 21.9 Å². The maximum absolute atomic E-state index is 6.09. The van der Waals surface area contributed by atoms with Crippen LogP contribution in [0.25, 0.3) is 11.5 Å². The largest absolute Gasteiger partial charge is 0.339 e. The third-order valence-electron chi connectivity index (χ3n) is 2.93. The minimum absolute atomic E-state index is 0.00679. The van der Waals surface area contributed by atoms with Gasteiger partial charge in [0.1, 0.15) is 5.69 Å². The molecule has 0 saturated carbocycles. The van der Waals surface area contributed by atoms with Crippen LogP contribution in [0.5, 0.6) is 0 Å². The fourth-order valence-corrected chi connectivity index (χ4v) is 1.56. The standard InChI is InChI=1S/C13H17ClN4O/c1-13(2,3)10(15)6-11-17-12(18-19-11)9-5-4-8(14)7-16-9/h4-5,7,10H,6,15H2,1-3H3. The Balaban J connectivity index is 2.13. The van der Waals surface area contributed by atoms with Crippen molar-refractivity contribution in [3.8, 4) is 11.5 Å². The molecule has 2 heterocycles. The Kier molecular flexibility index (Phi) is 3.87. The van der Waals surface area contributed by atoms with Crippen LogP contribution in [0.3, 0.4) is 0 Å². The molecule has 0 aliphatic rings. The van der Waals surface area contributed by atoms with Crippen LogP contribution in [-0.2, 0) is 6.42 Å². The molecule has 1 atom stereocenters. The molecule has 0 spiro atoms. The summed E-state index contributed by atoms with van der Waals surface area (Å²) >= 11 is 5.78. The van der Waals surface area contributed by atoms with Crippen LogP contribution in [0.15, 0.2) is 22.9 Å². The van der Waals surface area contributed by atoms with Crippen molar-refractivity contribution >= 4 is 11.6 Å². The summed E-state index contributed by atoms with van der Waals surface area (Å²) in [6.07, 6.45) is 2.10. The fraction of sp³-hybridized carbons (Fsp3) is 0.462.